The van der Waals surface area contributed by atoms with Gasteiger partial charge in [0.2, 0.25) is 5.91 Å². The molecule has 1 aliphatic heterocycles. The molecule has 3 N–H and O–H groups in total. The molecular weight excluding hydrogens is 430 g/mol. The van der Waals surface area contributed by atoms with Gasteiger partial charge in [0.25, 0.3) is 5.91 Å². The molecule has 1 aliphatic rings. The maximum absolute atomic E-state index is 12.7. The zero-order valence-corrected chi connectivity index (χ0v) is 18.8. The normalized spacial score (nSPS) is 16.5. The van der Waals surface area contributed by atoms with Crippen LogP contribution in [0.4, 0.5) is 5.69 Å². The van der Waals surface area contributed by atoms with E-state index in [1.807, 2.05) is 6.92 Å². The van der Waals surface area contributed by atoms with Crippen LogP contribution in [0.25, 0.3) is 0 Å². The molecule has 0 radical (unpaired) electrons. The van der Waals surface area contributed by atoms with Crippen LogP contribution >= 0.6 is 22.9 Å². The summed E-state index contributed by atoms with van der Waals surface area (Å²) in [5.74, 6) is 0.902. The molecular formula is C20H23ClN3O3S2+. The molecule has 2 aromatic rings. The predicted octanol–water partition coefficient (Wildman–Crippen LogP) is 3.18. The van der Waals surface area contributed by atoms with Gasteiger partial charge in [-0.25, -0.2) is 4.79 Å². The quantitative estimate of drug-likeness (QED) is 0.608. The molecule has 1 saturated heterocycles. The molecule has 29 heavy (non-hydrogen) atoms. The predicted molar refractivity (Wildman–Crippen MR) is 120 cm³/mol. The summed E-state index contributed by atoms with van der Waals surface area (Å²) in [6, 6.07) is 8.53. The number of carbonyl (C=O) groups excluding carboxylic acids is 3. The van der Waals surface area contributed by atoms with E-state index in [-0.39, 0.29) is 27.8 Å². The van der Waals surface area contributed by atoms with Crippen molar-refractivity contribution in [3.63, 3.8) is 0 Å². The monoisotopic (exact) mass is 452 g/mol. The van der Waals surface area contributed by atoms with Crippen LogP contribution in [-0.4, -0.2) is 40.6 Å². The van der Waals surface area contributed by atoms with Crippen LogP contribution < -0.4 is 16.0 Å². The van der Waals surface area contributed by atoms with Crippen molar-refractivity contribution >= 4 is 56.4 Å². The second kappa shape index (κ2) is 8.87. The van der Waals surface area contributed by atoms with E-state index in [0.29, 0.717) is 20.5 Å². The number of thiophene rings is 1. The summed E-state index contributed by atoms with van der Waals surface area (Å²) in [4.78, 5) is 38.2. The van der Waals surface area contributed by atoms with Crippen LogP contribution in [0.3, 0.4) is 0 Å². The summed E-state index contributed by atoms with van der Waals surface area (Å²) in [5, 5.41) is 8.93. The van der Waals surface area contributed by atoms with Crippen LogP contribution in [0.15, 0.2) is 30.3 Å². The molecule has 1 aromatic carbocycles. The molecule has 1 unspecified atom stereocenters. The Morgan fingerprint density at radius 2 is 1.97 bits per heavy atom. The number of amides is 2. The second-order valence-corrected chi connectivity index (χ2v) is 11.1. The van der Waals surface area contributed by atoms with Crippen molar-refractivity contribution in [2.45, 2.75) is 26.3 Å². The lowest BCUT2D eigenvalue weighted by molar-refractivity contribution is -0.120. The number of benzene rings is 1. The summed E-state index contributed by atoms with van der Waals surface area (Å²) in [6.07, 6.45) is 0. The first-order valence-electron chi connectivity index (χ1n) is 9.10. The Balaban J connectivity index is 1.66. The smallest absolute Gasteiger partial charge is 0.337 e. The van der Waals surface area contributed by atoms with Crippen molar-refractivity contribution in [3.8, 4) is 0 Å². The maximum Gasteiger partial charge on any atom is 0.363 e. The first-order valence-corrected chi connectivity index (χ1v) is 11.9. The number of halogens is 1. The Kier molecular flexibility index (Phi) is 6.68. The van der Waals surface area contributed by atoms with Gasteiger partial charge in [-0.1, -0.05) is 11.6 Å². The topological polar surface area (TPSA) is 87.3 Å². The standard InChI is InChI=1S/C20H22ClN3O3S2/c1-12-10-13(4-5-14(12)18(26)29-9-8-22-11-29)23-19(27)20(2,3)24-17(25)15-6-7-16(21)28-15/h4-7,10,22H,8-9,11H2,1-3H3,(H-,23,24,25,26,27)/p+1. The van der Waals surface area contributed by atoms with Crippen molar-refractivity contribution in [3.05, 3.63) is 50.7 Å². The van der Waals surface area contributed by atoms with Crippen molar-refractivity contribution in [1.82, 2.24) is 10.6 Å². The van der Waals surface area contributed by atoms with Gasteiger partial charge in [0.15, 0.2) is 5.88 Å². The van der Waals surface area contributed by atoms with Gasteiger partial charge in [0.1, 0.15) is 11.3 Å². The number of rotatable bonds is 5. The third-order valence-electron chi connectivity index (χ3n) is 4.56. The van der Waals surface area contributed by atoms with E-state index in [9.17, 15) is 14.4 Å². The molecule has 2 amide bonds. The second-order valence-electron chi connectivity index (χ2n) is 7.30. The molecule has 1 fully saturated rings. The van der Waals surface area contributed by atoms with Crippen LogP contribution in [-0.2, 0) is 15.7 Å². The van der Waals surface area contributed by atoms with Crippen molar-refractivity contribution in [1.29, 1.82) is 0 Å². The van der Waals surface area contributed by atoms with E-state index >= 15 is 0 Å². The van der Waals surface area contributed by atoms with Gasteiger partial charge in [0, 0.05) is 12.2 Å². The number of hydrogen-bond donors (Lipinski definition) is 3. The highest BCUT2D eigenvalue weighted by atomic mass is 35.5. The third-order valence-corrected chi connectivity index (χ3v) is 7.78. The van der Waals surface area contributed by atoms with Crippen LogP contribution in [0, 0.1) is 6.92 Å². The average molecular weight is 453 g/mol. The average Bonchev–Trinajstić information content (AvgIpc) is 3.32. The van der Waals surface area contributed by atoms with E-state index in [2.05, 4.69) is 16.0 Å². The van der Waals surface area contributed by atoms with Crippen LogP contribution in [0.1, 0.15) is 39.4 Å². The minimum Gasteiger partial charge on any atom is -0.337 e. The lowest BCUT2D eigenvalue weighted by atomic mass is 10.0. The Bertz CT molecular complexity index is 952. The van der Waals surface area contributed by atoms with Gasteiger partial charge in [-0.3, -0.25) is 14.9 Å². The molecule has 3 rings (SSSR count). The maximum atomic E-state index is 12.7. The van der Waals surface area contributed by atoms with Gasteiger partial charge in [-0.05, 0) is 56.7 Å². The van der Waals surface area contributed by atoms with E-state index in [1.165, 1.54) is 0 Å². The van der Waals surface area contributed by atoms with Crippen LogP contribution in [0.2, 0.25) is 4.34 Å². The fourth-order valence-electron chi connectivity index (χ4n) is 2.87. The number of anilines is 1. The molecule has 1 atom stereocenters. The van der Waals surface area contributed by atoms with Gasteiger partial charge in [-0.2, -0.15) is 0 Å². The lowest BCUT2D eigenvalue weighted by Gasteiger charge is -2.25. The summed E-state index contributed by atoms with van der Waals surface area (Å²) in [7, 11) is -0.281. The van der Waals surface area contributed by atoms with Gasteiger partial charge in [-0.15, -0.1) is 11.3 Å². The fraction of sp³-hybridized carbons (Fsp3) is 0.350. The van der Waals surface area contributed by atoms with E-state index in [0.717, 1.165) is 35.1 Å². The third kappa shape index (κ3) is 5.19. The number of hydrogen-bond acceptors (Lipinski definition) is 5. The summed E-state index contributed by atoms with van der Waals surface area (Å²) < 4.78 is 0.511. The van der Waals surface area contributed by atoms with E-state index in [1.54, 1.807) is 44.2 Å². The lowest BCUT2D eigenvalue weighted by Crippen LogP contribution is -2.52. The minimum atomic E-state index is -1.13. The van der Waals surface area contributed by atoms with Crippen molar-refractivity contribution in [2.75, 3.05) is 23.5 Å². The molecule has 0 aliphatic carbocycles. The number of carbonyl (C=O) groups is 3. The van der Waals surface area contributed by atoms with Gasteiger partial charge < -0.3 is 10.6 Å². The largest absolute Gasteiger partial charge is 0.363 e. The molecule has 9 heteroatoms. The first-order chi connectivity index (χ1) is 13.7. The summed E-state index contributed by atoms with van der Waals surface area (Å²) in [5.41, 5.74) is 0.963. The Morgan fingerprint density at radius 3 is 2.55 bits per heavy atom. The zero-order valence-electron chi connectivity index (χ0n) is 16.4. The molecule has 2 heterocycles. The van der Waals surface area contributed by atoms with Gasteiger partial charge in [0.05, 0.1) is 25.7 Å². The molecule has 6 nitrogen and oxygen atoms in total. The Morgan fingerprint density at radius 1 is 1.21 bits per heavy atom. The zero-order chi connectivity index (χ0) is 21.2. The number of aryl methyl sites for hydroxylation is 1. The fourth-order valence-corrected chi connectivity index (χ4v) is 5.59. The molecule has 0 bridgehead atoms. The number of nitrogens with one attached hydrogen (secondary N) is 3. The SMILES string of the molecule is Cc1cc(NC(=O)C(C)(C)NC(=O)c2ccc(Cl)s2)ccc1C(=O)[S+]1CCNC1. The Labute approximate surface area is 181 Å². The minimum absolute atomic E-state index is 0.160. The Hall–Kier alpha value is -1.87. The van der Waals surface area contributed by atoms with Crippen LogP contribution in [0.5, 0.6) is 0 Å². The molecule has 0 saturated carbocycles. The van der Waals surface area contributed by atoms with Gasteiger partial charge >= 0.3 is 5.12 Å². The highest BCUT2D eigenvalue weighted by molar-refractivity contribution is 8.11. The summed E-state index contributed by atoms with van der Waals surface area (Å²) in [6.45, 7) is 6.01. The van der Waals surface area contributed by atoms with E-state index < -0.39 is 5.54 Å². The molecule has 154 valence electrons. The molecule has 0 spiro atoms. The van der Waals surface area contributed by atoms with E-state index in [4.69, 9.17) is 11.6 Å². The van der Waals surface area contributed by atoms with Crippen molar-refractivity contribution in [2.24, 2.45) is 0 Å². The first kappa shape index (κ1) is 21.8. The van der Waals surface area contributed by atoms with Crippen molar-refractivity contribution < 1.29 is 14.4 Å². The molecule has 1 aromatic heterocycles. The highest BCUT2D eigenvalue weighted by Crippen LogP contribution is 2.23. The highest BCUT2D eigenvalue weighted by Gasteiger charge is 2.35. The summed E-state index contributed by atoms with van der Waals surface area (Å²) >= 11 is 7.02.